The fraction of sp³-hybridized carbons (Fsp3) is 0.333. The van der Waals surface area contributed by atoms with E-state index in [2.05, 4.69) is 15.6 Å². The standard InChI is InChI=1S/C15H19N3OS.2ClH/c1-3-16-11(2)9-17-14(19)13-10-20-15(18-13)12-7-5-4-6-8-12;;/h4-8,10-11,16H,3,9H2,1-2H3,(H,17,19);2*1H/t11-;;/m1../s1. The van der Waals surface area contributed by atoms with Crippen molar-refractivity contribution in [1.82, 2.24) is 15.6 Å². The van der Waals surface area contributed by atoms with E-state index in [4.69, 9.17) is 0 Å². The van der Waals surface area contributed by atoms with Crippen LogP contribution in [0.5, 0.6) is 0 Å². The van der Waals surface area contributed by atoms with E-state index >= 15 is 0 Å². The first-order chi connectivity index (χ1) is 9.70. The number of nitrogens with one attached hydrogen (secondary N) is 2. The number of thiazole rings is 1. The van der Waals surface area contributed by atoms with E-state index in [9.17, 15) is 4.79 Å². The van der Waals surface area contributed by atoms with Crippen LogP contribution in [0.15, 0.2) is 35.7 Å². The van der Waals surface area contributed by atoms with Crippen LogP contribution in [0.1, 0.15) is 24.3 Å². The Bertz CT molecular complexity index is 563. The van der Waals surface area contributed by atoms with Crippen molar-refractivity contribution in [3.05, 3.63) is 41.4 Å². The van der Waals surface area contributed by atoms with E-state index < -0.39 is 0 Å². The number of rotatable bonds is 6. The Morgan fingerprint density at radius 1 is 1.27 bits per heavy atom. The highest BCUT2D eigenvalue weighted by atomic mass is 35.5. The Kier molecular flexibility index (Phi) is 10.0. The number of likely N-dealkylation sites (N-methyl/N-ethyl adjacent to an activating group) is 1. The van der Waals surface area contributed by atoms with Gasteiger partial charge in [-0.1, -0.05) is 37.3 Å². The number of halogens is 2. The molecule has 2 rings (SSSR count). The Hall–Kier alpha value is -1.14. The van der Waals surface area contributed by atoms with E-state index in [1.165, 1.54) is 11.3 Å². The average Bonchev–Trinajstić information content (AvgIpc) is 2.96. The summed E-state index contributed by atoms with van der Waals surface area (Å²) in [5, 5.41) is 8.81. The Labute approximate surface area is 147 Å². The number of hydrogen-bond donors (Lipinski definition) is 2. The molecule has 0 saturated heterocycles. The van der Waals surface area contributed by atoms with Crippen molar-refractivity contribution >= 4 is 42.1 Å². The third kappa shape index (κ3) is 5.93. The highest BCUT2D eigenvalue weighted by Gasteiger charge is 2.12. The van der Waals surface area contributed by atoms with Crippen molar-refractivity contribution < 1.29 is 4.79 Å². The largest absolute Gasteiger partial charge is 0.349 e. The highest BCUT2D eigenvalue weighted by molar-refractivity contribution is 7.13. The lowest BCUT2D eigenvalue weighted by Gasteiger charge is -2.12. The van der Waals surface area contributed by atoms with Crippen LogP contribution in [0.3, 0.4) is 0 Å². The van der Waals surface area contributed by atoms with Crippen molar-refractivity contribution in [3.8, 4) is 10.6 Å². The van der Waals surface area contributed by atoms with Crippen LogP contribution in [-0.4, -0.2) is 30.0 Å². The molecule has 0 aliphatic rings. The summed E-state index contributed by atoms with van der Waals surface area (Å²) >= 11 is 1.49. The van der Waals surface area contributed by atoms with Crippen molar-refractivity contribution in [2.45, 2.75) is 19.9 Å². The van der Waals surface area contributed by atoms with Crippen LogP contribution in [-0.2, 0) is 0 Å². The Morgan fingerprint density at radius 2 is 1.95 bits per heavy atom. The summed E-state index contributed by atoms with van der Waals surface area (Å²) in [6.45, 7) is 5.59. The van der Waals surface area contributed by atoms with Gasteiger partial charge in [0.1, 0.15) is 10.7 Å². The second-order valence-corrected chi connectivity index (χ2v) is 5.43. The van der Waals surface area contributed by atoms with Gasteiger partial charge in [-0.05, 0) is 13.5 Å². The molecule has 7 heteroatoms. The number of hydrogen-bond acceptors (Lipinski definition) is 4. The van der Waals surface area contributed by atoms with Gasteiger partial charge in [0.2, 0.25) is 0 Å². The van der Waals surface area contributed by atoms with Gasteiger partial charge in [0.05, 0.1) is 0 Å². The monoisotopic (exact) mass is 361 g/mol. The van der Waals surface area contributed by atoms with Crippen LogP contribution < -0.4 is 10.6 Å². The van der Waals surface area contributed by atoms with Crippen LogP contribution in [0, 0.1) is 0 Å². The molecule has 122 valence electrons. The minimum Gasteiger partial charge on any atom is -0.349 e. The van der Waals surface area contributed by atoms with Crippen LogP contribution in [0.2, 0.25) is 0 Å². The molecule has 1 aromatic heterocycles. The van der Waals surface area contributed by atoms with Crippen LogP contribution in [0.25, 0.3) is 10.6 Å². The third-order valence-electron chi connectivity index (χ3n) is 2.88. The summed E-state index contributed by atoms with van der Waals surface area (Å²) in [5.41, 5.74) is 1.52. The molecule has 0 unspecified atom stereocenters. The number of carbonyl (C=O) groups is 1. The predicted octanol–water partition coefficient (Wildman–Crippen LogP) is 3.38. The zero-order chi connectivity index (χ0) is 14.4. The molecule has 4 nitrogen and oxygen atoms in total. The Balaban J connectivity index is 0.00000220. The molecule has 1 amide bonds. The van der Waals surface area contributed by atoms with Crippen LogP contribution in [0.4, 0.5) is 0 Å². The molecule has 1 atom stereocenters. The van der Waals surface area contributed by atoms with E-state index in [0.29, 0.717) is 12.2 Å². The topological polar surface area (TPSA) is 54.0 Å². The minimum atomic E-state index is -0.117. The molecule has 0 fully saturated rings. The summed E-state index contributed by atoms with van der Waals surface area (Å²) in [7, 11) is 0. The molecular formula is C15H21Cl2N3OS. The van der Waals surface area contributed by atoms with Gasteiger partial charge < -0.3 is 10.6 Å². The molecule has 22 heavy (non-hydrogen) atoms. The molecule has 2 N–H and O–H groups in total. The molecule has 1 aromatic carbocycles. The van der Waals surface area contributed by atoms with Gasteiger partial charge in [0.15, 0.2) is 0 Å². The zero-order valence-corrected chi connectivity index (χ0v) is 15.0. The first-order valence-electron chi connectivity index (χ1n) is 6.73. The molecule has 0 aliphatic carbocycles. The molecular weight excluding hydrogens is 341 g/mol. The fourth-order valence-electron chi connectivity index (χ4n) is 1.85. The second-order valence-electron chi connectivity index (χ2n) is 4.57. The van der Waals surface area contributed by atoms with E-state index in [1.807, 2.05) is 44.2 Å². The van der Waals surface area contributed by atoms with Gasteiger partial charge in [0.25, 0.3) is 5.91 Å². The summed E-state index contributed by atoms with van der Waals surface area (Å²) in [6.07, 6.45) is 0. The van der Waals surface area contributed by atoms with Gasteiger partial charge in [-0.15, -0.1) is 36.2 Å². The van der Waals surface area contributed by atoms with Crippen molar-refractivity contribution in [1.29, 1.82) is 0 Å². The third-order valence-corrected chi connectivity index (χ3v) is 3.77. The molecule has 2 aromatic rings. The maximum Gasteiger partial charge on any atom is 0.270 e. The lowest BCUT2D eigenvalue weighted by Crippen LogP contribution is -2.38. The summed E-state index contributed by atoms with van der Waals surface area (Å²) in [6, 6.07) is 10.1. The fourth-order valence-corrected chi connectivity index (χ4v) is 2.65. The van der Waals surface area contributed by atoms with Gasteiger partial charge in [-0.2, -0.15) is 0 Å². The summed E-state index contributed by atoms with van der Waals surface area (Å²) in [4.78, 5) is 16.4. The summed E-state index contributed by atoms with van der Waals surface area (Å²) < 4.78 is 0. The first-order valence-corrected chi connectivity index (χ1v) is 7.61. The van der Waals surface area contributed by atoms with Crippen LogP contribution >= 0.6 is 36.2 Å². The normalized spacial score (nSPS) is 11.0. The molecule has 1 heterocycles. The minimum absolute atomic E-state index is 0. The van der Waals surface area contributed by atoms with Gasteiger partial charge in [-0.25, -0.2) is 4.98 Å². The Morgan fingerprint density at radius 3 is 2.59 bits per heavy atom. The molecule has 0 bridgehead atoms. The van der Waals surface area contributed by atoms with E-state index in [-0.39, 0.29) is 36.8 Å². The molecule has 0 spiro atoms. The first kappa shape index (κ1) is 20.9. The lowest BCUT2D eigenvalue weighted by atomic mass is 10.2. The quantitative estimate of drug-likeness (QED) is 0.828. The van der Waals surface area contributed by atoms with Crippen molar-refractivity contribution in [3.63, 3.8) is 0 Å². The number of amides is 1. The SMILES string of the molecule is CCN[C@H](C)CNC(=O)c1csc(-c2ccccc2)n1.Cl.Cl. The van der Waals surface area contributed by atoms with E-state index in [1.54, 1.807) is 5.38 Å². The molecule has 0 radical (unpaired) electrons. The smallest absolute Gasteiger partial charge is 0.270 e. The predicted molar refractivity (Wildman–Crippen MR) is 97.5 cm³/mol. The average molecular weight is 362 g/mol. The zero-order valence-electron chi connectivity index (χ0n) is 12.5. The number of nitrogens with zero attached hydrogens (tertiary/aromatic N) is 1. The number of benzene rings is 1. The molecule has 0 aliphatic heterocycles. The number of carbonyl (C=O) groups excluding carboxylic acids is 1. The van der Waals surface area contributed by atoms with Crippen molar-refractivity contribution in [2.75, 3.05) is 13.1 Å². The highest BCUT2D eigenvalue weighted by Crippen LogP contribution is 2.23. The molecule has 0 saturated carbocycles. The summed E-state index contributed by atoms with van der Waals surface area (Å²) in [5.74, 6) is -0.117. The maximum absolute atomic E-state index is 12.0. The maximum atomic E-state index is 12.0. The number of aromatic nitrogens is 1. The van der Waals surface area contributed by atoms with E-state index in [0.717, 1.165) is 17.1 Å². The second kappa shape index (κ2) is 10.6. The lowest BCUT2D eigenvalue weighted by molar-refractivity contribution is 0.0946. The van der Waals surface area contributed by atoms with Gasteiger partial charge in [0, 0.05) is 23.5 Å². The van der Waals surface area contributed by atoms with Gasteiger partial charge >= 0.3 is 0 Å². The van der Waals surface area contributed by atoms with Gasteiger partial charge in [-0.3, -0.25) is 4.79 Å². The van der Waals surface area contributed by atoms with Crippen molar-refractivity contribution in [2.24, 2.45) is 0 Å².